The Morgan fingerprint density at radius 1 is 1.31 bits per heavy atom. The van der Waals surface area contributed by atoms with E-state index in [0.29, 0.717) is 12.0 Å². The highest BCUT2D eigenvalue weighted by atomic mass is 32.2. The number of nitrogens with zero attached hydrogens (tertiary/aromatic N) is 1. The van der Waals surface area contributed by atoms with Crippen LogP contribution in [0.4, 0.5) is 0 Å². The summed E-state index contributed by atoms with van der Waals surface area (Å²) in [5.74, 6) is 1.77. The highest BCUT2D eigenvalue weighted by molar-refractivity contribution is 8.00. The summed E-state index contributed by atoms with van der Waals surface area (Å²) >= 11 is 2.00. The minimum atomic E-state index is 0.0560. The number of likely N-dealkylation sites (tertiary alicyclic amines) is 1. The molecule has 2 saturated heterocycles. The molecular formula is C13H25NOS. The van der Waals surface area contributed by atoms with Crippen molar-refractivity contribution in [1.82, 2.24) is 4.90 Å². The molecule has 2 aliphatic heterocycles. The third-order valence-electron chi connectivity index (χ3n) is 3.92. The van der Waals surface area contributed by atoms with E-state index in [1.807, 2.05) is 11.8 Å². The summed E-state index contributed by atoms with van der Waals surface area (Å²) in [6, 6.07) is 0. The lowest BCUT2D eigenvalue weighted by molar-refractivity contribution is -0.0372. The molecule has 2 fully saturated rings. The van der Waals surface area contributed by atoms with Gasteiger partial charge in [-0.15, -0.1) is 11.8 Å². The Bertz CT molecular complexity index is 228. The van der Waals surface area contributed by atoms with Crippen LogP contribution in [0.2, 0.25) is 0 Å². The van der Waals surface area contributed by atoms with E-state index in [2.05, 4.69) is 25.7 Å². The van der Waals surface area contributed by atoms with E-state index >= 15 is 0 Å². The molecule has 3 heteroatoms. The van der Waals surface area contributed by atoms with Crippen LogP contribution in [-0.2, 0) is 4.74 Å². The molecule has 0 aromatic heterocycles. The van der Waals surface area contributed by atoms with E-state index in [1.54, 1.807) is 0 Å². The molecule has 0 saturated carbocycles. The maximum Gasteiger partial charge on any atom is 0.113 e. The van der Waals surface area contributed by atoms with Crippen LogP contribution in [0.15, 0.2) is 0 Å². The van der Waals surface area contributed by atoms with Crippen LogP contribution < -0.4 is 0 Å². The van der Waals surface area contributed by atoms with Crippen molar-refractivity contribution in [1.29, 1.82) is 0 Å². The summed E-state index contributed by atoms with van der Waals surface area (Å²) in [5.41, 5.74) is 0. The van der Waals surface area contributed by atoms with Crippen molar-refractivity contribution in [2.75, 3.05) is 25.4 Å². The standard InChI is InChI=1S/C13H25NOS/c1-11(2)13(3)15-12(10-16-13)9-14-7-5-4-6-8-14/h11-12H,4-10H2,1-3H3. The van der Waals surface area contributed by atoms with Crippen molar-refractivity contribution in [2.24, 2.45) is 5.92 Å². The Morgan fingerprint density at radius 2 is 2.00 bits per heavy atom. The molecule has 0 radical (unpaired) electrons. The minimum absolute atomic E-state index is 0.0560. The molecule has 0 amide bonds. The van der Waals surface area contributed by atoms with Gasteiger partial charge in [-0.2, -0.15) is 0 Å². The molecule has 2 unspecified atom stereocenters. The molecule has 0 aliphatic carbocycles. The number of hydrogen-bond donors (Lipinski definition) is 0. The van der Waals surface area contributed by atoms with Crippen LogP contribution >= 0.6 is 11.8 Å². The Morgan fingerprint density at radius 3 is 2.56 bits per heavy atom. The van der Waals surface area contributed by atoms with Gasteiger partial charge in [0, 0.05) is 12.3 Å². The van der Waals surface area contributed by atoms with Gasteiger partial charge in [0.25, 0.3) is 0 Å². The lowest BCUT2D eigenvalue weighted by Crippen LogP contribution is -2.39. The summed E-state index contributed by atoms with van der Waals surface area (Å²) in [7, 11) is 0. The van der Waals surface area contributed by atoms with Crippen LogP contribution in [0, 0.1) is 5.92 Å². The lowest BCUT2D eigenvalue weighted by atomic mass is 10.1. The van der Waals surface area contributed by atoms with Gasteiger partial charge in [0.2, 0.25) is 0 Å². The topological polar surface area (TPSA) is 12.5 Å². The van der Waals surface area contributed by atoms with Crippen molar-refractivity contribution >= 4 is 11.8 Å². The van der Waals surface area contributed by atoms with Crippen molar-refractivity contribution < 1.29 is 4.74 Å². The number of rotatable bonds is 3. The van der Waals surface area contributed by atoms with Gasteiger partial charge < -0.3 is 9.64 Å². The van der Waals surface area contributed by atoms with Gasteiger partial charge in [-0.05, 0) is 38.8 Å². The Kier molecular flexibility index (Phi) is 4.20. The van der Waals surface area contributed by atoms with Crippen molar-refractivity contribution in [3.05, 3.63) is 0 Å². The number of ether oxygens (including phenoxy) is 1. The second-order valence-corrected chi connectivity index (χ2v) is 7.02. The van der Waals surface area contributed by atoms with Gasteiger partial charge in [0.05, 0.1) is 6.10 Å². The molecule has 0 N–H and O–H groups in total. The SMILES string of the molecule is CC(C)C1(C)OC(CN2CCCCC2)CS1. The predicted molar refractivity (Wildman–Crippen MR) is 70.9 cm³/mol. The average molecular weight is 243 g/mol. The molecule has 2 rings (SSSR count). The van der Waals surface area contributed by atoms with Gasteiger partial charge in [-0.3, -0.25) is 0 Å². The number of hydrogen-bond acceptors (Lipinski definition) is 3. The first-order chi connectivity index (χ1) is 7.60. The summed E-state index contributed by atoms with van der Waals surface area (Å²) in [5, 5.41) is 0. The fourth-order valence-corrected chi connectivity index (χ4v) is 3.71. The summed E-state index contributed by atoms with van der Waals surface area (Å²) in [4.78, 5) is 2.64. The second-order valence-electron chi connectivity index (χ2n) is 5.58. The molecule has 2 heterocycles. The Hall–Kier alpha value is 0.270. The van der Waals surface area contributed by atoms with Gasteiger partial charge in [0.1, 0.15) is 4.93 Å². The minimum Gasteiger partial charge on any atom is -0.359 e. The molecule has 0 aromatic carbocycles. The largest absolute Gasteiger partial charge is 0.359 e. The monoisotopic (exact) mass is 243 g/mol. The first-order valence-electron chi connectivity index (χ1n) is 6.64. The molecule has 2 nitrogen and oxygen atoms in total. The smallest absolute Gasteiger partial charge is 0.113 e. The number of thioether (sulfide) groups is 1. The van der Waals surface area contributed by atoms with E-state index in [1.165, 1.54) is 38.1 Å². The van der Waals surface area contributed by atoms with E-state index in [-0.39, 0.29) is 4.93 Å². The van der Waals surface area contributed by atoms with Crippen molar-refractivity contribution in [2.45, 2.75) is 51.1 Å². The fraction of sp³-hybridized carbons (Fsp3) is 1.00. The molecule has 0 spiro atoms. The lowest BCUT2D eigenvalue weighted by Gasteiger charge is -2.31. The average Bonchev–Trinajstić information content (AvgIpc) is 2.63. The highest BCUT2D eigenvalue weighted by Crippen LogP contribution is 2.41. The molecule has 0 aromatic rings. The fourth-order valence-electron chi connectivity index (χ4n) is 2.48. The number of piperidine rings is 1. The summed E-state index contributed by atoms with van der Waals surface area (Å²) in [6.45, 7) is 10.5. The summed E-state index contributed by atoms with van der Waals surface area (Å²) < 4.78 is 6.23. The molecular weight excluding hydrogens is 218 g/mol. The van der Waals surface area contributed by atoms with E-state index < -0.39 is 0 Å². The molecule has 2 atom stereocenters. The maximum absolute atomic E-state index is 6.23. The van der Waals surface area contributed by atoms with E-state index in [0.717, 1.165) is 6.54 Å². The van der Waals surface area contributed by atoms with Gasteiger partial charge in [0.15, 0.2) is 0 Å². The van der Waals surface area contributed by atoms with Gasteiger partial charge >= 0.3 is 0 Å². The van der Waals surface area contributed by atoms with Crippen LogP contribution in [0.1, 0.15) is 40.0 Å². The first-order valence-corrected chi connectivity index (χ1v) is 7.63. The quantitative estimate of drug-likeness (QED) is 0.756. The molecule has 0 bridgehead atoms. The van der Waals surface area contributed by atoms with Gasteiger partial charge in [-0.25, -0.2) is 0 Å². The van der Waals surface area contributed by atoms with E-state index in [4.69, 9.17) is 4.74 Å². The molecule has 16 heavy (non-hydrogen) atoms. The van der Waals surface area contributed by atoms with Crippen LogP contribution in [-0.4, -0.2) is 41.3 Å². The maximum atomic E-state index is 6.23. The molecule has 2 aliphatic rings. The van der Waals surface area contributed by atoms with Crippen LogP contribution in [0.5, 0.6) is 0 Å². The predicted octanol–water partition coefficient (Wildman–Crippen LogP) is 2.98. The molecule has 94 valence electrons. The summed E-state index contributed by atoms with van der Waals surface area (Å²) in [6.07, 6.45) is 4.62. The zero-order chi connectivity index (χ0) is 11.6. The highest BCUT2D eigenvalue weighted by Gasteiger charge is 2.39. The first kappa shape index (κ1) is 12.7. The Labute approximate surface area is 104 Å². The Balaban J connectivity index is 1.80. The van der Waals surface area contributed by atoms with Crippen molar-refractivity contribution in [3.8, 4) is 0 Å². The second kappa shape index (κ2) is 5.28. The third-order valence-corrected chi connectivity index (χ3v) is 5.60. The van der Waals surface area contributed by atoms with Crippen LogP contribution in [0.3, 0.4) is 0 Å². The van der Waals surface area contributed by atoms with Crippen molar-refractivity contribution in [3.63, 3.8) is 0 Å². The van der Waals surface area contributed by atoms with Crippen LogP contribution in [0.25, 0.3) is 0 Å². The zero-order valence-electron chi connectivity index (χ0n) is 10.9. The zero-order valence-corrected chi connectivity index (χ0v) is 11.7. The van der Waals surface area contributed by atoms with E-state index in [9.17, 15) is 0 Å². The van der Waals surface area contributed by atoms with Gasteiger partial charge in [-0.1, -0.05) is 20.3 Å². The normalized spacial score (nSPS) is 37.1. The third kappa shape index (κ3) is 2.93.